The van der Waals surface area contributed by atoms with Crippen molar-refractivity contribution in [1.29, 1.82) is 0 Å². The molecule has 2 aromatic carbocycles. The Balaban J connectivity index is 0.00000408. The average molecular weight is 531 g/mol. The predicted octanol–water partition coefficient (Wildman–Crippen LogP) is 3.91. The van der Waals surface area contributed by atoms with Gasteiger partial charge in [0.1, 0.15) is 10.7 Å². The zero-order valence-corrected chi connectivity index (χ0v) is 19.2. The number of piperazine rings is 1. The van der Waals surface area contributed by atoms with E-state index in [1.165, 1.54) is 17.0 Å². The largest absolute Gasteiger partial charge is 0.416 e. The van der Waals surface area contributed by atoms with Crippen molar-refractivity contribution in [1.82, 2.24) is 10.2 Å². The van der Waals surface area contributed by atoms with Gasteiger partial charge in [-0.2, -0.15) is 26.3 Å². The van der Waals surface area contributed by atoms with Crippen LogP contribution in [0.25, 0.3) is 0 Å². The number of hydrogen-bond acceptors (Lipinski definition) is 4. The van der Waals surface area contributed by atoms with Gasteiger partial charge in [-0.15, -0.1) is 12.4 Å². The predicted molar refractivity (Wildman–Crippen MR) is 116 cm³/mol. The molecule has 0 unspecified atom stereocenters. The van der Waals surface area contributed by atoms with Crippen molar-refractivity contribution >= 4 is 29.0 Å². The first-order valence-electron chi connectivity index (χ1n) is 9.85. The van der Waals surface area contributed by atoms with Crippen LogP contribution in [-0.2, 0) is 35.2 Å². The number of rotatable bonds is 5. The van der Waals surface area contributed by atoms with E-state index in [0.717, 1.165) is 18.2 Å². The molecule has 0 aromatic heterocycles. The monoisotopic (exact) mass is 530 g/mol. The molecule has 3 rings (SSSR count). The maximum absolute atomic E-state index is 13.3. The third kappa shape index (κ3) is 7.09. The van der Waals surface area contributed by atoms with Crippen LogP contribution in [0.4, 0.5) is 26.3 Å². The second-order valence-electron chi connectivity index (χ2n) is 7.66. The summed E-state index contributed by atoms with van der Waals surface area (Å²) < 4.78 is 100. The molecule has 1 N–H and O–H groups in total. The van der Waals surface area contributed by atoms with Crippen LogP contribution in [0.3, 0.4) is 0 Å². The summed E-state index contributed by atoms with van der Waals surface area (Å²) in [6, 6.07) is 6.44. The fourth-order valence-electron chi connectivity index (χ4n) is 3.70. The summed E-state index contributed by atoms with van der Waals surface area (Å²) in [6.45, 7) is 0.851. The Morgan fingerprint density at radius 1 is 0.941 bits per heavy atom. The fraction of sp³-hybridized carbons (Fsp3) is 0.381. The van der Waals surface area contributed by atoms with Gasteiger partial charge in [0.05, 0.1) is 16.9 Å². The van der Waals surface area contributed by atoms with Crippen LogP contribution in [0, 0.1) is 0 Å². The Hall–Kier alpha value is -2.31. The minimum absolute atomic E-state index is 0. The number of hydrogen-bond donors (Lipinski definition) is 2. The van der Waals surface area contributed by atoms with Gasteiger partial charge in [0.15, 0.2) is 0 Å². The number of halogens is 7. The molecule has 0 bridgehead atoms. The summed E-state index contributed by atoms with van der Waals surface area (Å²) in [7, 11) is -3.01. The van der Waals surface area contributed by atoms with E-state index < -0.39 is 51.9 Å². The Morgan fingerprint density at radius 3 is 2.12 bits per heavy atom. The third-order valence-electron chi connectivity index (χ3n) is 5.24. The van der Waals surface area contributed by atoms with Crippen LogP contribution in [0.15, 0.2) is 42.5 Å². The van der Waals surface area contributed by atoms with Gasteiger partial charge in [0.25, 0.3) is 5.91 Å². The second kappa shape index (κ2) is 11.0. The van der Waals surface area contributed by atoms with Crippen LogP contribution in [0.1, 0.15) is 32.6 Å². The number of thiol groups is 1. The molecule has 1 amide bonds. The lowest BCUT2D eigenvalue weighted by atomic mass is 9.99. The summed E-state index contributed by atoms with van der Waals surface area (Å²) in [6.07, 6.45) is -9.07. The lowest BCUT2D eigenvalue weighted by Crippen LogP contribution is -2.54. The molecular formula is C21H21ClF6N2O3S. The third-order valence-corrected chi connectivity index (χ3v) is 5.87. The molecule has 1 atom stereocenters. The Labute approximate surface area is 199 Å². The Morgan fingerprint density at radius 2 is 1.56 bits per heavy atom. The molecule has 0 spiro atoms. The number of carbonyl (C=O) groups excluding carboxylic acids is 1. The highest BCUT2D eigenvalue weighted by Gasteiger charge is 2.34. The van der Waals surface area contributed by atoms with E-state index in [9.17, 15) is 39.6 Å². The molecule has 5 nitrogen and oxygen atoms in total. The molecule has 1 aliphatic rings. The number of alkyl halides is 6. The molecule has 0 radical (unpaired) electrons. The normalized spacial score (nSPS) is 16.9. The maximum atomic E-state index is 13.3. The van der Waals surface area contributed by atoms with Gasteiger partial charge >= 0.3 is 12.4 Å². The zero-order valence-electron chi connectivity index (χ0n) is 17.4. The highest BCUT2D eigenvalue weighted by atomic mass is 35.5. The summed E-state index contributed by atoms with van der Waals surface area (Å²) in [5, 5.41) is 3.07. The van der Waals surface area contributed by atoms with Crippen LogP contribution in [0.5, 0.6) is 0 Å². The van der Waals surface area contributed by atoms with Gasteiger partial charge < -0.3 is 10.2 Å². The van der Waals surface area contributed by atoms with E-state index in [-0.39, 0.29) is 36.5 Å². The van der Waals surface area contributed by atoms with Gasteiger partial charge in [0.2, 0.25) is 0 Å². The lowest BCUT2D eigenvalue weighted by Gasteiger charge is -2.36. The maximum Gasteiger partial charge on any atom is 0.416 e. The van der Waals surface area contributed by atoms with E-state index in [1.54, 1.807) is 0 Å². The molecule has 2 aromatic rings. The second-order valence-corrected chi connectivity index (χ2v) is 8.64. The van der Waals surface area contributed by atoms with Crippen molar-refractivity contribution in [2.75, 3.05) is 19.6 Å². The first kappa shape index (κ1) is 27.9. The Bertz CT molecular complexity index is 1080. The van der Waals surface area contributed by atoms with Crippen molar-refractivity contribution in [2.24, 2.45) is 0 Å². The first-order valence-corrected chi connectivity index (χ1v) is 11.2. The molecule has 1 heterocycles. The smallest absolute Gasteiger partial charge is 0.333 e. The minimum atomic E-state index is -4.78. The van der Waals surface area contributed by atoms with E-state index in [4.69, 9.17) is 0 Å². The molecule has 188 valence electrons. The fourth-order valence-corrected chi connectivity index (χ4v) is 4.18. The number of nitrogens with zero attached hydrogens (tertiary/aromatic N) is 1. The Kier molecular flexibility index (Phi) is 9.00. The number of nitrogens with one attached hydrogen (secondary N) is 1. The van der Waals surface area contributed by atoms with Gasteiger partial charge in [-0.1, -0.05) is 12.1 Å². The van der Waals surface area contributed by atoms with Crippen LogP contribution in [-0.4, -0.2) is 44.9 Å². The van der Waals surface area contributed by atoms with Crippen LogP contribution < -0.4 is 5.32 Å². The standard InChI is InChI=1S/C21H20F6N2O3S.ClH/c22-20(23,24)16-3-1-13(2-4-16)9-18-11-28-5-6-29(18)19(30)15-7-14(12-33(31)32)8-17(10-15)21(25,26)27;/h1-4,7-8,10,18,28,33H,5-6,9,11-12H2;1H/t18-;/m1./s1. The SMILES string of the molecule is Cl.O=C(c1cc(C[SH](=O)=O)cc(C(F)(F)F)c1)N1CCNC[C@H]1Cc1ccc(C(F)(F)F)cc1. The van der Waals surface area contributed by atoms with Crippen molar-refractivity contribution in [3.63, 3.8) is 0 Å². The minimum Gasteiger partial charge on any atom is -0.333 e. The molecule has 0 aliphatic carbocycles. The van der Waals surface area contributed by atoms with E-state index in [1.807, 2.05) is 0 Å². The van der Waals surface area contributed by atoms with Gasteiger partial charge in [-0.3, -0.25) is 4.79 Å². The average Bonchev–Trinajstić information content (AvgIpc) is 2.72. The van der Waals surface area contributed by atoms with E-state index in [0.29, 0.717) is 30.8 Å². The van der Waals surface area contributed by atoms with Crippen molar-refractivity contribution < 1.29 is 39.6 Å². The van der Waals surface area contributed by atoms with Gasteiger partial charge in [-0.25, -0.2) is 8.42 Å². The molecule has 13 heteroatoms. The van der Waals surface area contributed by atoms with Gasteiger partial charge in [-0.05, 0) is 47.9 Å². The van der Waals surface area contributed by atoms with E-state index >= 15 is 0 Å². The number of amides is 1. The highest BCUT2D eigenvalue weighted by molar-refractivity contribution is 7.71. The summed E-state index contributed by atoms with van der Waals surface area (Å²) in [5.74, 6) is -1.35. The molecule has 0 saturated carbocycles. The molecule has 34 heavy (non-hydrogen) atoms. The van der Waals surface area contributed by atoms with Crippen molar-refractivity contribution in [2.45, 2.75) is 30.6 Å². The molecule has 1 aliphatic heterocycles. The first-order chi connectivity index (χ1) is 15.3. The molecule has 1 saturated heterocycles. The zero-order chi connectivity index (χ0) is 24.4. The summed E-state index contributed by atoms with van der Waals surface area (Å²) in [5.41, 5.74) is -1.86. The van der Waals surface area contributed by atoms with Crippen LogP contribution in [0.2, 0.25) is 0 Å². The summed E-state index contributed by atoms with van der Waals surface area (Å²) >= 11 is 0. The lowest BCUT2D eigenvalue weighted by molar-refractivity contribution is -0.138. The van der Waals surface area contributed by atoms with Crippen molar-refractivity contribution in [3.05, 3.63) is 70.3 Å². The molecular weight excluding hydrogens is 510 g/mol. The van der Waals surface area contributed by atoms with Crippen LogP contribution >= 0.6 is 12.4 Å². The highest BCUT2D eigenvalue weighted by Crippen LogP contribution is 2.32. The van der Waals surface area contributed by atoms with Crippen molar-refractivity contribution in [3.8, 4) is 0 Å². The quantitative estimate of drug-likeness (QED) is 0.454. The molecule has 1 fully saturated rings. The topological polar surface area (TPSA) is 66.5 Å². The van der Waals surface area contributed by atoms with E-state index in [2.05, 4.69) is 5.32 Å². The number of carbonyl (C=O) groups is 1. The number of benzene rings is 2. The van der Waals surface area contributed by atoms with Gasteiger partial charge in [0, 0.05) is 31.2 Å². The summed E-state index contributed by atoms with van der Waals surface area (Å²) in [4.78, 5) is 14.5.